The molecule has 106 valence electrons. The second kappa shape index (κ2) is 6.78. The first-order chi connectivity index (χ1) is 10.1. The maximum absolute atomic E-state index is 13.1. The summed E-state index contributed by atoms with van der Waals surface area (Å²) < 4.78 is 13.1. The highest BCUT2D eigenvalue weighted by Gasteiger charge is 2.10. The molecule has 0 unspecified atom stereocenters. The number of carbonyl (C=O) groups excluding carboxylic acids is 1. The van der Waals surface area contributed by atoms with Crippen LogP contribution >= 0.6 is 0 Å². The number of Topliss-reactive ketones (excluding diaryl/α,β-unsaturated/α-hetero) is 1. The van der Waals surface area contributed by atoms with Gasteiger partial charge in [0.05, 0.1) is 18.2 Å². The summed E-state index contributed by atoms with van der Waals surface area (Å²) in [5.41, 5.74) is 1.92. The molecular formula is C17H15FN2O. The van der Waals surface area contributed by atoms with Crippen LogP contribution in [-0.4, -0.2) is 24.3 Å². The smallest absolute Gasteiger partial charge is 0.176 e. The van der Waals surface area contributed by atoms with Crippen molar-refractivity contribution in [2.75, 3.05) is 13.6 Å². The van der Waals surface area contributed by atoms with Gasteiger partial charge in [-0.1, -0.05) is 24.3 Å². The van der Waals surface area contributed by atoms with Crippen LogP contribution in [0.4, 0.5) is 4.39 Å². The summed E-state index contributed by atoms with van der Waals surface area (Å²) in [7, 11) is 1.81. The van der Waals surface area contributed by atoms with Crippen LogP contribution in [0.25, 0.3) is 0 Å². The van der Waals surface area contributed by atoms with E-state index in [9.17, 15) is 9.18 Å². The van der Waals surface area contributed by atoms with Crippen LogP contribution in [0.1, 0.15) is 21.5 Å². The molecule has 0 amide bonds. The van der Waals surface area contributed by atoms with Crippen LogP contribution in [0.2, 0.25) is 0 Å². The zero-order chi connectivity index (χ0) is 15.2. The van der Waals surface area contributed by atoms with E-state index in [4.69, 9.17) is 5.26 Å². The van der Waals surface area contributed by atoms with Crippen molar-refractivity contribution in [2.45, 2.75) is 6.54 Å². The van der Waals surface area contributed by atoms with Crippen molar-refractivity contribution in [3.63, 3.8) is 0 Å². The minimum atomic E-state index is -0.278. The lowest BCUT2D eigenvalue weighted by molar-refractivity contribution is 0.0943. The van der Waals surface area contributed by atoms with Gasteiger partial charge in [-0.25, -0.2) is 4.39 Å². The number of rotatable bonds is 5. The van der Waals surface area contributed by atoms with Gasteiger partial charge in [-0.2, -0.15) is 5.26 Å². The molecule has 0 aliphatic heterocycles. The fourth-order valence-electron chi connectivity index (χ4n) is 2.07. The summed E-state index contributed by atoms with van der Waals surface area (Å²) in [6, 6.07) is 14.9. The quantitative estimate of drug-likeness (QED) is 0.792. The molecule has 2 aromatic rings. The number of carbonyl (C=O) groups is 1. The van der Waals surface area contributed by atoms with Gasteiger partial charge >= 0.3 is 0 Å². The number of benzene rings is 2. The Balaban J connectivity index is 1.97. The maximum atomic E-state index is 13.1. The summed E-state index contributed by atoms with van der Waals surface area (Å²) >= 11 is 0. The van der Waals surface area contributed by atoms with Crippen LogP contribution < -0.4 is 0 Å². The van der Waals surface area contributed by atoms with Gasteiger partial charge < -0.3 is 0 Å². The molecule has 0 fully saturated rings. The molecule has 21 heavy (non-hydrogen) atoms. The topological polar surface area (TPSA) is 44.1 Å². The Hall–Kier alpha value is -2.51. The van der Waals surface area contributed by atoms with E-state index < -0.39 is 0 Å². The van der Waals surface area contributed by atoms with Crippen molar-refractivity contribution in [3.8, 4) is 6.07 Å². The first-order valence-corrected chi connectivity index (χ1v) is 6.55. The van der Waals surface area contributed by atoms with E-state index in [0.717, 1.165) is 5.56 Å². The van der Waals surface area contributed by atoms with Crippen molar-refractivity contribution in [2.24, 2.45) is 0 Å². The SMILES string of the molecule is CN(CC(=O)c1ccc(C#N)cc1)Cc1cccc(F)c1. The lowest BCUT2D eigenvalue weighted by Gasteiger charge is -2.16. The first kappa shape index (κ1) is 14.9. The molecule has 0 aromatic heterocycles. The van der Waals surface area contributed by atoms with Gasteiger partial charge in [0.1, 0.15) is 5.82 Å². The number of hydrogen-bond acceptors (Lipinski definition) is 3. The Morgan fingerprint density at radius 2 is 1.95 bits per heavy atom. The van der Waals surface area contributed by atoms with Crippen LogP contribution in [0, 0.1) is 17.1 Å². The summed E-state index contributed by atoms with van der Waals surface area (Å²) in [6.45, 7) is 0.738. The third-order valence-corrected chi connectivity index (χ3v) is 3.09. The number of hydrogen-bond donors (Lipinski definition) is 0. The average Bonchev–Trinajstić information content (AvgIpc) is 2.47. The zero-order valence-corrected chi connectivity index (χ0v) is 11.7. The van der Waals surface area contributed by atoms with Crippen molar-refractivity contribution in [1.29, 1.82) is 5.26 Å². The van der Waals surface area contributed by atoms with Crippen molar-refractivity contribution in [3.05, 3.63) is 71.0 Å². The van der Waals surface area contributed by atoms with Gasteiger partial charge in [-0.05, 0) is 36.9 Å². The van der Waals surface area contributed by atoms with Gasteiger partial charge in [-0.3, -0.25) is 9.69 Å². The molecule has 0 saturated carbocycles. The second-order valence-electron chi connectivity index (χ2n) is 4.91. The van der Waals surface area contributed by atoms with E-state index in [0.29, 0.717) is 17.7 Å². The predicted octanol–water partition coefficient (Wildman–Crippen LogP) is 3.01. The van der Waals surface area contributed by atoms with E-state index in [1.54, 1.807) is 30.3 Å². The molecule has 0 spiro atoms. The van der Waals surface area contributed by atoms with Crippen molar-refractivity contribution in [1.82, 2.24) is 4.90 Å². The Morgan fingerprint density at radius 3 is 2.57 bits per heavy atom. The van der Waals surface area contributed by atoms with Crippen LogP contribution in [0.5, 0.6) is 0 Å². The highest BCUT2D eigenvalue weighted by Crippen LogP contribution is 2.08. The lowest BCUT2D eigenvalue weighted by Crippen LogP contribution is -2.25. The van der Waals surface area contributed by atoms with E-state index in [1.165, 1.54) is 12.1 Å². The van der Waals surface area contributed by atoms with Gasteiger partial charge in [0.15, 0.2) is 5.78 Å². The normalized spacial score (nSPS) is 10.4. The van der Waals surface area contributed by atoms with Crippen LogP contribution in [0.3, 0.4) is 0 Å². The molecule has 2 rings (SSSR count). The Morgan fingerprint density at radius 1 is 1.24 bits per heavy atom. The second-order valence-corrected chi connectivity index (χ2v) is 4.91. The summed E-state index contributed by atoms with van der Waals surface area (Å²) in [4.78, 5) is 13.9. The lowest BCUT2D eigenvalue weighted by atomic mass is 10.1. The van der Waals surface area contributed by atoms with E-state index in [-0.39, 0.29) is 18.1 Å². The third kappa shape index (κ3) is 4.23. The maximum Gasteiger partial charge on any atom is 0.176 e. The zero-order valence-electron chi connectivity index (χ0n) is 11.7. The molecule has 3 nitrogen and oxygen atoms in total. The van der Waals surface area contributed by atoms with E-state index in [1.807, 2.05) is 24.1 Å². The number of nitrogens with zero attached hydrogens (tertiary/aromatic N) is 2. The average molecular weight is 282 g/mol. The fourth-order valence-corrected chi connectivity index (χ4v) is 2.07. The molecule has 0 aliphatic carbocycles. The minimum Gasteiger partial charge on any atom is -0.295 e. The summed E-state index contributed by atoms with van der Waals surface area (Å²) in [5, 5.41) is 8.73. The van der Waals surface area contributed by atoms with E-state index in [2.05, 4.69) is 0 Å². The van der Waals surface area contributed by atoms with Crippen molar-refractivity contribution >= 4 is 5.78 Å². The monoisotopic (exact) mass is 282 g/mol. The highest BCUT2D eigenvalue weighted by atomic mass is 19.1. The molecule has 0 N–H and O–H groups in total. The number of ketones is 1. The van der Waals surface area contributed by atoms with Gasteiger partial charge in [-0.15, -0.1) is 0 Å². The van der Waals surface area contributed by atoms with Crippen LogP contribution in [-0.2, 0) is 6.54 Å². The molecule has 0 aliphatic rings. The van der Waals surface area contributed by atoms with Gasteiger partial charge in [0.25, 0.3) is 0 Å². The van der Waals surface area contributed by atoms with E-state index >= 15 is 0 Å². The fraction of sp³-hybridized carbons (Fsp3) is 0.176. The number of nitriles is 1. The van der Waals surface area contributed by atoms with Crippen LogP contribution in [0.15, 0.2) is 48.5 Å². The predicted molar refractivity (Wildman–Crippen MR) is 78.2 cm³/mol. The number of halogens is 1. The Labute approximate surface area is 123 Å². The highest BCUT2D eigenvalue weighted by molar-refractivity contribution is 5.97. The largest absolute Gasteiger partial charge is 0.295 e. The molecular weight excluding hydrogens is 267 g/mol. The summed E-state index contributed by atoms with van der Waals surface area (Å²) in [5.74, 6) is -0.308. The third-order valence-electron chi connectivity index (χ3n) is 3.09. The molecule has 0 bridgehead atoms. The molecule has 0 radical (unpaired) electrons. The van der Waals surface area contributed by atoms with Gasteiger partial charge in [0, 0.05) is 12.1 Å². The molecule has 0 saturated heterocycles. The molecule has 2 aromatic carbocycles. The Bertz CT molecular complexity index is 674. The Kier molecular flexibility index (Phi) is 4.81. The molecule has 0 atom stereocenters. The first-order valence-electron chi connectivity index (χ1n) is 6.55. The summed E-state index contributed by atoms with van der Waals surface area (Å²) in [6.07, 6.45) is 0. The van der Waals surface area contributed by atoms with Gasteiger partial charge in [0.2, 0.25) is 0 Å². The molecule has 4 heteroatoms. The minimum absolute atomic E-state index is 0.0293. The number of likely N-dealkylation sites (N-methyl/N-ethyl adjacent to an activating group) is 1. The van der Waals surface area contributed by atoms with Crippen molar-refractivity contribution < 1.29 is 9.18 Å². The standard InChI is InChI=1S/C17H15FN2O/c1-20(11-14-3-2-4-16(18)9-14)12-17(21)15-7-5-13(10-19)6-8-15/h2-9H,11-12H2,1H3. The molecule has 0 heterocycles.